The van der Waals surface area contributed by atoms with Crippen LogP contribution in [0.3, 0.4) is 0 Å². The average Bonchev–Trinajstić information content (AvgIpc) is 2.47. The standard InChI is InChI=1S/C13H10FN3O4/c1-21-7-2-3-8(9(14)6-7)12(18)17-11-10(13(19)20)15-4-5-16-11/h2-6H,1H3,(H,19,20)(H,16,17,18). The van der Waals surface area contributed by atoms with E-state index in [9.17, 15) is 14.0 Å². The van der Waals surface area contributed by atoms with Gasteiger partial charge in [0.25, 0.3) is 5.91 Å². The topological polar surface area (TPSA) is 101 Å². The van der Waals surface area contributed by atoms with Crippen LogP contribution in [0.4, 0.5) is 10.2 Å². The number of hydrogen-bond acceptors (Lipinski definition) is 5. The fraction of sp³-hybridized carbons (Fsp3) is 0.0769. The Morgan fingerprint density at radius 3 is 2.62 bits per heavy atom. The van der Waals surface area contributed by atoms with E-state index >= 15 is 0 Å². The first-order chi connectivity index (χ1) is 10.0. The monoisotopic (exact) mass is 291 g/mol. The number of methoxy groups -OCH3 is 1. The minimum absolute atomic E-state index is 0.259. The van der Waals surface area contributed by atoms with E-state index in [0.29, 0.717) is 0 Å². The van der Waals surface area contributed by atoms with Gasteiger partial charge in [-0.15, -0.1) is 0 Å². The molecule has 2 N–H and O–H groups in total. The van der Waals surface area contributed by atoms with Crippen molar-refractivity contribution < 1.29 is 23.8 Å². The molecule has 2 rings (SSSR count). The summed E-state index contributed by atoms with van der Waals surface area (Å²) in [6.07, 6.45) is 2.39. The zero-order chi connectivity index (χ0) is 15.4. The molecule has 0 aliphatic rings. The highest BCUT2D eigenvalue weighted by Crippen LogP contribution is 2.18. The number of aromatic nitrogens is 2. The number of halogens is 1. The van der Waals surface area contributed by atoms with Crippen molar-refractivity contribution in [1.82, 2.24) is 9.97 Å². The van der Waals surface area contributed by atoms with E-state index in [1.54, 1.807) is 0 Å². The molecule has 1 aromatic carbocycles. The number of aromatic carboxylic acids is 1. The second kappa shape index (κ2) is 5.95. The quantitative estimate of drug-likeness (QED) is 0.886. The van der Waals surface area contributed by atoms with E-state index in [4.69, 9.17) is 9.84 Å². The zero-order valence-corrected chi connectivity index (χ0v) is 10.8. The number of benzene rings is 1. The van der Waals surface area contributed by atoms with Crippen LogP contribution in [0.5, 0.6) is 5.75 Å². The largest absolute Gasteiger partial charge is 0.497 e. The Bertz CT molecular complexity index is 706. The van der Waals surface area contributed by atoms with Crippen LogP contribution >= 0.6 is 0 Å². The molecule has 1 heterocycles. The molecule has 0 spiro atoms. The summed E-state index contributed by atoms with van der Waals surface area (Å²) in [7, 11) is 1.37. The van der Waals surface area contributed by atoms with Gasteiger partial charge in [0, 0.05) is 18.5 Å². The molecular weight excluding hydrogens is 281 g/mol. The lowest BCUT2D eigenvalue weighted by atomic mass is 10.2. The Kier molecular flexibility index (Phi) is 4.07. The highest BCUT2D eigenvalue weighted by atomic mass is 19.1. The van der Waals surface area contributed by atoms with Crippen molar-refractivity contribution in [1.29, 1.82) is 0 Å². The van der Waals surface area contributed by atoms with Crippen LogP contribution < -0.4 is 10.1 Å². The first-order valence-electron chi connectivity index (χ1n) is 5.72. The number of carbonyl (C=O) groups is 2. The van der Waals surface area contributed by atoms with Crippen LogP contribution in [0.15, 0.2) is 30.6 Å². The van der Waals surface area contributed by atoms with Crippen molar-refractivity contribution in [3.63, 3.8) is 0 Å². The number of carbonyl (C=O) groups excluding carboxylic acids is 1. The fourth-order valence-electron chi connectivity index (χ4n) is 1.57. The van der Waals surface area contributed by atoms with Gasteiger partial charge in [-0.3, -0.25) is 4.79 Å². The molecule has 21 heavy (non-hydrogen) atoms. The van der Waals surface area contributed by atoms with Crippen molar-refractivity contribution in [3.8, 4) is 5.75 Å². The Morgan fingerprint density at radius 1 is 1.29 bits per heavy atom. The molecule has 0 bridgehead atoms. The zero-order valence-electron chi connectivity index (χ0n) is 10.8. The normalized spacial score (nSPS) is 10.0. The molecule has 1 amide bonds. The van der Waals surface area contributed by atoms with Gasteiger partial charge in [-0.25, -0.2) is 19.2 Å². The molecule has 108 valence electrons. The van der Waals surface area contributed by atoms with Crippen LogP contribution in [0.1, 0.15) is 20.8 Å². The maximum Gasteiger partial charge on any atom is 0.358 e. The summed E-state index contributed by atoms with van der Waals surface area (Å²) in [5.74, 6) is -2.99. The lowest BCUT2D eigenvalue weighted by Gasteiger charge is -2.08. The summed E-state index contributed by atoms with van der Waals surface area (Å²) in [4.78, 5) is 30.2. The average molecular weight is 291 g/mol. The number of nitrogens with zero attached hydrogens (tertiary/aromatic N) is 2. The Morgan fingerprint density at radius 2 is 2.00 bits per heavy atom. The van der Waals surface area contributed by atoms with E-state index in [1.165, 1.54) is 31.6 Å². The predicted molar refractivity (Wildman–Crippen MR) is 69.9 cm³/mol. The number of amides is 1. The Labute approximate surface area is 118 Å². The van der Waals surface area contributed by atoms with Crippen LogP contribution in [-0.4, -0.2) is 34.1 Å². The van der Waals surface area contributed by atoms with Gasteiger partial charge >= 0.3 is 5.97 Å². The first kappa shape index (κ1) is 14.4. The Hall–Kier alpha value is -3.03. The van der Waals surface area contributed by atoms with E-state index in [1.807, 2.05) is 0 Å². The van der Waals surface area contributed by atoms with E-state index in [0.717, 1.165) is 6.07 Å². The van der Waals surface area contributed by atoms with Gasteiger partial charge in [-0.1, -0.05) is 0 Å². The minimum Gasteiger partial charge on any atom is -0.497 e. The number of nitrogens with one attached hydrogen (secondary N) is 1. The number of carboxylic acid groups (broad SMARTS) is 1. The predicted octanol–water partition coefficient (Wildman–Crippen LogP) is 1.57. The lowest BCUT2D eigenvalue weighted by molar-refractivity contribution is 0.0691. The van der Waals surface area contributed by atoms with Gasteiger partial charge < -0.3 is 15.2 Å². The fourth-order valence-corrected chi connectivity index (χ4v) is 1.57. The maximum absolute atomic E-state index is 13.8. The summed E-state index contributed by atoms with van der Waals surface area (Å²) >= 11 is 0. The SMILES string of the molecule is COc1ccc(C(=O)Nc2nccnc2C(=O)O)c(F)c1. The summed E-state index contributed by atoms with van der Waals surface area (Å²) < 4.78 is 18.6. The second-order valence-electron chi connectivity index (χ2n) is 3.86. The van der Waals surface area contributed by atoms with E-state index < -0.39 is 23.4 Å². The molecule has 0 fully saturated rings. The van der Waals surface area contributed by atoms with Crippen molar-refractivity contribution >= 4 is 17.7 Å². The number of carboxylic acids is 1. The van der Waals surface area contributed by atoms with Gasteiger partial charge in [-0.05, 0) is 12.1 Å². The van der Waals surface area contributed by atoms with Gasteiger partial charge in [0.1, 0.15) is 11.6 Å². The van der Waals surface area contributed by atoms with Gasteiger partial charge in [-0.2, -0.15) is 0 Å². The van der Waals surface area contributed by atoms with Crippen LogP contribution in [0, 0.1) is 5.82 Å². The third-order valence-corrected chi connectivity index (χ3v) is 2.55. The summed E-state index contributed by atoms with van der Waals surface area (Å²) in [5.41, 5.74) is -0.697. The second-order valence-corrected chi connectivity index (χ2v) is 3.86. The van der Waals surface area contributed by atoms with E-state index in [-0.39, 0.29) is 17.1 Å². The molecule has 1 aromatic heterocycles. The van der Waals surface area contributed by atoms with Crippen LogP contribution in [0.25, 0.3) is 0 Å². The molecule has 0 saturated heterocycles. The number of anilines is 1. The van der Waals surface area contributed by atoms with Gasteiger partial charge in [0.05, 0.1) is 12.7 Å². The molecule has 0 saturated carbocycles. The van der Waals surface area contributed by atoms with Gasteiger partial charge in [0.2, 0.25) is 0 Å². The first-order valence-corrected chi connectivity index (χ1v) is 5.72. The van der Waals surface area contributed by atoms with Crippen molar-refractivity contribution in [3.05, 3.63) is 47.7 Å². The number of hydrogen-bond donors (Lipinski definition) is 2. The van der Waals surface area contributed by atoms with Crippen molar-refractivity contribution in [2.24, 2.45) is 0 Å². The summed E-state index contributed by atoms with van der Waals surface area (Å²) in [5, 5.41) is 11.1. The molecule has 0 unspecified atom stereocenters. The number of ether oxygens (including phenoxy) is 1. The summed E-state index contributed by atoms with van der Waals surface area (Å²) in [6, 6.07) is 3.68. The van der Waals surface area contributed by atoms with Gasteiger partial charge in [0.15, 0.2) is 11.5 Å². The highest BCUT2D eigenvalue weighted by Gasteiger charge is 2.18. The molecule has 0 aliphatic heterocycles. The maximum atomic E-state index is 13.8. The third kappa shape index (κ3) is 3.11. The van der Waals surface area contributed by atoms with Crippen LogP contribution in [-0.2, 0) is 0 Å². The van der Waals surface area contributed by atoms with Crippen molar-refractivity contribution in [2.75, 3.05) is 12.4 Å². The third-order valence-electron chi connectivity index (χ3n) is 2.55. The molecule has 0 atom stereocenters. The molecule has 7 nitrogen and oxygen atoms in total. The number of rotatable bonds is 4. The molecule has 2 aromatic rings. The smallest absolute Gasteiger partial charge is 0.358 e. The highest BCUT2D eigenvalue weighted by molar-refractivity contribution is 6.06. The minimum atomic E-state index is -1.35. The molecule has 0 aliphatic carbocycles. The lowest BCUT2D eigenvalue weighted by Crippen LogP contribution is -2.18. The summed E-state index contributed by atoms with van der Waals surface area (Å²) in [6.45, 7) is 0. The van der Waals surface area contributed by atoms with Crippen molar-refractivity contribution in [2.45, 2.75) is 0 Å². The molecular formula is C13H10FN3O4. The van der Waals surface area contributed by atoms with E-state index in [2.05, 4.69) is 15.3 Å². The molecule has 8 heteroatoms. The molecule has 0 radical (unpaired) electrons. The van der Waals surface area contributed by atoms with Crippen LogP contribution in [0.2, 0.25) is 0 Å². The Balaban J connectivity index is 2.28.